The molecule has 3 nitrogen and oxygen atoms in total. The highest BCUT2D eigenvalue weighted by atomic mass is 16.5. The van der Waals surface area contributed by atoms with Crippen molar-refractivity contribution in [3.8, 4) is 0 Å². The minimum atomic E-state index is -0.301. The maximum atomic E-state index is 12.0. The highest BCUT2D eigenvalue weighted by molar-refractivity contribution is 5.96. The van der Waals surface area contributed by atoms with Crippen molar-refractivity contribution >= 4 is 16.9 Å². The summed E-state index contributed by atoms with van der Waals surface area (Å²) in [6.07, 6.45) is 1.75. The van der Waals surface area contributed by atoms with Crippen molar-refractivity contribution in [1.29, 1.82) is 0 Å². The van der Waals surface area contributed by atoms with E-state index in [4.69, 9.17) is 4.74 Å². The Bertz CT molecular complexity index is 832. The average Bonchev–Trinajstić information content (AvgIpc) is 2.99. The number of hydrogen-bond acceptors (Lipinski definition) is 2. The molecule has 0 unspecified atom stereocenters. The maximum Gasteiger partial charge on any atom is 0.339 e. The molecule has 3 heteroatoms. The molecule has 0 radical (unpaired) electrons. The summed E-state index contributed by atoms with van der Waals surface area (Å²) >= 11 is 0. The first kappa shape index (κ1) is 11.3. The Labute approximate surface area is 116 Å². The fraction of sp³-hybridized carbons (Fsp3) is 0.118. The van der Waals surface area contributed by atoms with Gasteiger partial charge in [0.05, 0.1) is 5.56 Å². The highest BCUT2D eigenvalue weighted by Crippen LogP contribution is 2.39. The van der Waals surface area contributed by atoms with Crippen molar-refractivity contribution in [3.63, 3.8) is 0 Å². The summed E-state index contributed by atoms with van der Waals surface area (Å²) in [6.45, 7) is 0. The van der Waals surface area contributed by atoms with Gasteiger partial charge in [0.25, 0.3) is 0 Å². The predicted molar refractivity (Wildman–Crippen MR) is 76.6 cm³/mol. The number of benzene rings is 2. The molecule has 98 valence electrons. The van der Waals surface area contributed by atoms with Gasteiger partial charge in [0, 0.05) is 35.3 Å². The Hall–Kier alpha value is -2.55. The second-order valence-corrected chi connectivity index (χ2v) is 5.09. The zero-order chi connectivity index (χ0) is 13.7. The SMILES string of the molecule is Cn1cc([C@H]2OC(=O)c3ccccc32)c2ccccc21. The first-order valence-electron chi connectivity index (χ1n) is 6.59. The van der Waals surface area contributed by atoms with Gasteiger partial charge >= 0.3 is 5.97 Å². The van der Waals surface area contributed by atoms with E-state index in [1.54, 1.807) is 0 Å². The normalized spacial score (nSPS) is 17.2. The molecule has 1 aliphatic rings. The van der Waals surface area contributed by atoms with Gasteiger partial charge in [-0.2, -0.15) is 0 Å². The summed E-state index contributed by atoms with van der Waals surface area (Å²) in [4.78, 5) is 12.0. The van der Waals surface area contributed by atoms with Crippen LogP contribution in [0.3, 0.4) is 0 Å². The van der Waals surface area contributed by atoms with E-state index in [-0.39, 0.29) is 12.1 Å². The van der Waals surface area contributed by atoms with E-state index in [9.17, 15) is 4.79 Å². The molecular weight excluding hydrogens is 250 g/mol. The van der Waals surface area contributed by atoms with Crippen LogP contribution in [0.1, 0.15) is 27.6 Å². The van der Waals surface area contributed by atoms with E-state index in [0.717, 1.165) is 22.0 Å². The molecule has 0 aliphatic carbocycles. The number of ether oxygens (including phenoxy) is 1. The van der Waals surface area contributed by atoms with Gasteiger partial charge in [0.15, 0.2) is 6.10 Å². The van der Waals surface area contributed by atoms with Crippen LogP contribution in [-0.4, -0.2) is 10.5 Å². The molecule has 2 aromatic carbocycles. The number of aromatic nitrogens is 1. The number of cyclic esters (lactones) is 1. The number of aryl methyl sites for hydroxylation is 1. The third-order valence-electron chi connectivity index (χ3n) is 3.90. The third-order valence-corrected chi connectivity index (χ3v) is 3.90. The fourth-order valence-electron chi connectivity index (χ4n) is 2.96. The molecule has 0 spiro atoms. The highest BCUT2D eigenvalue weighted by Gasteiger charge is 2.33. The number of rotatable bonds is 1. The number of esters is 1. The minimum Gasteiger partial charge on any atom is -0.449 e. The largest absolute Gasteiger partial charge is 0.449 e. The summed E-state index contributed by atoms with van der Waals surface area (Å²) in [5, 5.41) is 1.13. The molecule has 0 saturated heterocycles. The summed E-state index contributed by atoms with van der Waals surface area (Å²) in [7, 11) is 2.01. The molecule has 0 amide bonds. The van der Waals surface area contributed by atoms with Crippen molar-refractivity contribution in [2.24, 2.45) is 7.05 Å². The molecule has 1 aliphatic heterocycles. The number of carbonyl (C=O) groups excluding carboxylic acids is 1. The monoisotopic (exact) mass is 263 g/mol. The second kappa shape index (κ2) is 3.97. The van der Waals surface area contributed by atoms with Crippen molar-refractivity contribution in [2.45, 2.75) is 6.10 Å². The van der Waals surface area contributed by atoms with E-state index < -0.39 is 0 Å². The summed E-state index contributed by atoms with van der Waals surface area (Å²) in [6, 6.07) is 15.8. The smallest absolute Gasteiger partial charge is 0.339 e. The van der Waals surface area contributed by atoms with E-state index in [0.29, 0.717) is 5.56 Å². The van der Waals surface area contributed by atoms with Crippen molar-refractivity contribution < 1.29 is 9.53 Å². The van der Waals surface area contributed by atoms with Gasteiger partial charge in [-0.05, 0) is 12.1 Å². The second-order valence-electron chi connectivity index (χ2n) is 5.09. The van der Waals surface area contributed by atoms with Gasteiger partial charge < -0.3 is 9.30 Å². The molecule has 0 saturated carbocycles. The predicted octanol–water partition coefficient (Wildman–Crippen LogP) is 3.44. The van der Waals surface area contributed by atoms with Crippen LogP contribution in [0.15, 0.2) is 54.7 Å². The number of nitrogens with zero attached hydrogens (tertiary/aromatic N) is 1. The first-order valence-corrected chi connectivity index (χ1v) is 6.59. The molecule has 2 heterocycles. The van der Waals surface area contributed by atoms with E-state index in [1.165, 1.54) is 0 Å². The molecule has 3 aromatic rings. The summed E-state index contributed by atoms with van der Waals surface area (Å²) in [5.74, 6) is -0.237. The van der Waals surface area contributed by atoms with E-state index in [1.807, 2.05) is 49.6 Å². The van der Waals surface area contributed by atoms with Gasteiger partial charge in [0.2, 0.25) is 0 Å². The lowest BCUT2D eigenvalue weighted by molar-refractivity contribution is 0.0458. The van der Waals surface area contributed by atoms with Crippen LogP contribution in [0.4, 0.5) is 0 Å². The Balaban J connectivity index is 1.96. The van der Waals surface area contributed by atoms with Crippen LogP contribution in [0.2, 0.25) is 0 Å². The van der Waals surface area contributed by atoms with Crippen LogP contribution < -0.4 is 0 Å². The lowest BCUT2D eigenvalue weighted by Gasteiger charge is -2.09. The number of hydrogen-bond donors (Lipinski definition) is 0. The molecular formula is C17H13NO2. The van der Waals surface area contributed by atoms with Gasteiger partial charge in [-0.25, -0.2) is 4.79 Å². The molecule has 1 atom stereocenters. The van der Waals surface area contributed by atoms with E-state index in [2.05, 4.69) is 16.7 Å². The third kappa shape index (κ3) is 1.43. The number of para-hydroxylation sites is 1. The van der Waals surface area contributed by atoms with Crippen molar-refractivity contribution in [3.05, 3.63) is 71.4 Å². The zero-order valence-electron chi connectivity index (χ0n) is 11.0. The van der Waals surface area contributed by atoms with Gasteiger partial charge in [-0.1, -0.05) is 36.4 Å². The van der Waals surface area contributed by atoms with Crippen molar-refractivity contribution in [2.75, 3.05) is 0 Å². The van der Waals surface area contributed by atoms with Crippen LogP contribution in [-0.2, 0) is 11.8 Å². The number of carbonyl (C=O) groups is 1. The van der Waals surface area contributed by atoms with Gasteiger partial charge in [-0.15, -0.1) is 0 Å². The Morgan fingerprint density at radius 1 is 1.00 bits per heavy atom. The van der Waals surface area contributed by atoms with Gasteiger partial charge in [0.1, 0.15) is 0 Å². The lowest BCUT2D eigenvalue weighted by atomic mass is 9.99. The Morgan fingerprint density at radius 2 is 1.75 bits per heavy atom. The molecule has 4 rings (SSSR count). The summed E-state index contributed by atoms with van der Waals surface area (Å²) < 4.78 is 7.66. The Kier molecular flexibility index (Phi) is 2.24. The quantitative estimate of drug-likeness (QED) is 0.630. The van der Waals surface area contributed by atoms with E-state index >= 15 is 0 Å². The first-order chi connectivity index (χ1) is 9.75. The van der Waals surface area contributed by atoms with Crippen molar-refractivity contribution in [1.82, 2.24) is 4.57 Å². The molecule has 0 bridgehead atoms. The van der Waals surface area contributed by atoms with Gasteiger partial charge in [-0.3, -0.25) is 0 Å². The van der Waals surface area contributed by atoms with Crippen LogP contribution in [0, 0.1) is 0 Å². The molecule has 20 heavy (non-hydrogen) atoms. The minimum absolute atomic E-state index is 0.237. The molecule has 0 fully saturated rings. The Morgan fingerprint density at radius 3 is 2.65 bits per heavy atom. The van der Waals surface area contributed by atoms with Crippen LogP contribution in [0.5, 0.6) is 0 Å². The topological polar surface area (TPSA) is 31.2 Å². The fourth-order valence-corrected chi connectivity index (χ4v) is 2.96. The maximum absolute atomic E-state index is 12.0. The van der Waals surface area contributed by atoms with Crippen LogP contribution >= 0.6 is 0 Å². The van der Waals surface area contributed by atoms with Crippen LogP contribution in [0.25, 0.3) is 10.9 Å². The summed E-state index contributed by atoms with van der Waals surface area (Å²) in [5.41, 5.74) is 3.81. The zero-order valence-corrected chi connectivity index (χ0v) is 11.0. The number of fused-ring (bicyclic) bond motifs is 2. The standard InChI is InChI=1S/C17H13NO2/c1-18-10-14(11-6-4-5-9-15(11)18)16-12-7-2-3-8-13(12)17(19)20-16/h2-10,16H,1H3/t16-/m0/s1. The molecule has 0 N–H and O–H groups in total. The average molecular weight is 263 g/mol. The molecule has 1 aromatic heterocycles. The lowest BCUT2D eigenvalue weighted by Crippen LogP contribution is -2.00.